The Labute approximate surface area is 117 Å². The van der Waals surface area contributed by atoms with E-state index >= 15 is 0 Å². The molecule has 0 saturated carbocycles. The molecule has 20 heavy (non-hydrogen) atoms. The molecular weight excluding hydrogens is 252 g/mol. The highest BCUT2D eigenvalue weighted by atomic mass is 15.2. The zero-order valence-electron chi connectivity index (χ0n) is 11.9. The van der Waals surface area contributed by atoms with Gasteiger partial charge in [-0.1, -0.05) is 0 Å². The fraction of sp³-hybridized carbons (Fsp3) is 0.286. The Bertz CT molecular complexity index is 729. The standard InChI is InChI=1S/C14H17N6/c1-4-19-10-17-12-13(19)15-9-16-14(12)20-7-5-11(6-8-20)18(2)3/h5-10H,4H2,1-3H3/q+1. The highest BCUT2D eigenvalue weighted by Gasteiger charge is 2.17. The minimum atomic E-state index is 0.799. The molecule has 0 saturated heterocycles. The van der Waals surface area contributed by atoms with Crippen LogP contribution in [0.15, 0.2) is 37.2 Å². The van der Waals surface area contributed by atoms with E-state index in [9.17, 15) is 0 Å². The van der Waals surface area contributed by atoms with Crippen molar-refractivity contribution in [3.05, 3.63) is 37.2 Å². The number of rotatable bonds is 3. The topological polar surface area (TPSA) is 50.7 Å². The number of imidazole rings is 1. The van der Waals surface area contributed by atoms with E-state index in [1.54, 1.807) is 12.7 Å². The largest absolute Gasteiger partial charge is 0.377 e. The van der Waals surface area contributed by atoms with Gasteiger partial charge in [0.15, 0.2) is 5.65 Å². The minimum absolute atomic E-state index is 0.799. The van der Waals surface area contributed by atoms with Gasteiger partial charge in [0.25, 0.3) is 0 Å². The highest BCUT2D eigenvalue weighted by Crippen LogP contribution is 2.13. The summed E-state index contributed by atoms with van der Waals surface area (Å²) in [6.45, 7) is 2.92. The molecule has 6 heteroatoms. The Morgan fingerprint density at radius 3 is 2.55 bits per heavy atom. The summed E-state index contributed by atoms with van der Waals surface area (Å²) in [5.74, 6) is 0.799. The molecule has 0 unspecified atom stereocenters. The number of anilines is 1. The summed E-state index contributed by atoms with van der Waals surface area (Å²) in [4.78, 5) is 15.2. The van der Waals surface area contributed by atoms with Crippen molar-refractivity contribution < 1.29 is 4.57 Å². The van der Waals surface area contributed by atoms with Gasteiger partial charge in [0.1, 0.15) is 0 Å². The molecule has 0 atom stereocenters. The van der Waals surface area contributed by atoms with Crippen molar-refractivity contribution in [3.8, 4) is 5.82 Å². The van der Waals surface area contributed by atoms with Crippen molar-refractivity contribution in [2.24, 2.45) is 0 Å². The highest BCUT2D eigenvalue weighted by molar-refractivity contribution is 5.76. The molecule has 0 fully saturated rings. The summed E-state index contributed by atoms with van der Waals surface area (Å²) in [5, 5.41) is 0. The van der Waals surface area contributed by atoms with Gasteiger partial charge in [-0.25, -0.2) is 9.55 Å². The molecule has 3 aromatic rings. The van der Waals surface area contributed by atoms with E-state index in [1.807, 2.05) is 47.8 Å². The molecule has 3 rings (SSSR count). The summed E-state index contributed by atoms with van der Waals surface area (Å²) in [7, 11) is 4.04. The van der Waals surface area contributed by atoms with Crippen LogP contribution in [0.4, 0.5) is 5.69 Å². The normalized spacial score (nSPS) is 10.9. The Hall–Kier alpha value is -2.50. The lowest BCUT2D eigenvalue weighted by molar-refractivity contribution is -0.598. The Kier molecular flexibility index (Phi) is 3.06. The maximum absolute atomic E-state index is 4.43. The third-order valence-electron chi connectivity index (χ3n) is 3.30. The number of aromatic nitrogens is 5. The van der Waals surface area contributed by atoms with Gasteiger partial charge in [0.05, 0.1) is 18.7 Å². The van der Waals surface area contributed by atoms with Gasteiger partial charge in [-0.05, 0) is 11.9 Å². The van der Waals surface area contributed by atoms with E-state index in [1.165, 1.54) is 0 Å². The van der Waals surface area contributed by atoms with Gasteiger partial charge in [0.2, 0.25) is 11.8 Å². The van der Waals surface area contributed by atoms with E-state index < -0.39 is 0 Å². The predicted molar refractivity (Wildman–Crippen MR) is 76.9 cm³/mol. The van der Waals surface area contributed by atoms with Crippen molar-refractivity contribution in [3.63, 3.8) is 0 Å². The quantitative estimate of drug-likeness (QED) is 0.670. The van der Waals surface area contributed by atoms with E-state index in [0.717, 1.165) is 29.2 Å². The molecular formula is C14H17N6+. The SMILES string of the molecule is CCn1cnc2c(-[n+]3ccc(N(C)C)cc3)ncnc21. The third-order valence-corrected chi connectivity index (χ3v) is 3.30. The Morgan fingerprint density at radius 1 is 1.15 bits per heavy atom. The lowest BCUT2D eigenvalue weighted by Gasteiger charge is -2.11. The van der Waals surface area contributed by atoms with Crippen LogP contribution in [0.3, 0.4) is 0 Å². The number of hydrogen-bond donors (Lipinski definition) is 0. The Balaban J connectivity index is 2.12. The van der Waals surface area contributed by atoms with Crippen molar-refractivity contribution in [2.45, 2.75) is 13.5 Å². The van der Waals surface area contributed by atoms with E-state index in [4.69, 9.17) is 0 Å². The lowest BCUT2D eigenvalue weighted by Crippen LogP contribution is -2.31. The summed E-state index contributed by atoms with van der Waals surface area (Å²) in [6, 6.07) is 4.09. The van der Waals surface area contributed by atoms with Gasteiger partial charge in [-0.15, -0.1) is 0 Å². The molecule has 0 amide bonds. The second-order valence-corrected chi connectivity index (χ2v) is 4.76. The van der Waals surface area contributed by atoms with Crippen molar-refractivity contribution >= 4 is 16.9 Å². The summed E-state index contributed by atoms with van der Waals surface area (Å²) < 4.78 is 3.97. The van der Waals surface area contributed by atoms with Gasteiger partial charge < -0.3 is 9.47 Å². The van der Waals surface area contributed by atoms with Crippen molar-refractivity contribution in [1.29, 1.82) is 0 Å². The maximum Gasteiger partial charge on any atom is 0.359 e. The van der Waals surface area contributed by atoms with E-state index in [-0.39, 0.29) is 0 Å². The average Bonchev–Trinajstić information content (AvgIpc) is 2.90. The van der Waals surface area contributed by atoms with Crippen LogP contribution >= 0.6 is 0 Å². The first kappa shape index (κ1) is 12.5. The average molecular weight is 269 g/mol. The van der Waals surface area contributed by atoms with Gasteiger partial charge in [0, 0.05) is 38.5 Å². The third kappa shape index (κ3) is 1.99. The summed E-state index contributed by atoms with van der Waals surface area (Å²) in [5.41, 5.74) is 2.82. The lowest BCUT2D eigenvalue weighted by atomic mass is 10.3. The zero-order chi connectivity index (χ0) is 14.1. The molecule has 0 aliphatic rings. The maximum atomic E-state index is 4.43. The number of aryl methyl sites for hydroxylation is 1. The van der Waals surface area contributed by atoms with Crippen LogP contribution in [-0.2, 0) is 6.54 Å². The number of hydrogen-bond acceptors (Lipinski definition) is 4. The van der Waals surface area contributed by atoms with Gasteiger partial charge in [-0.3, -0.25) is 0 Å². The first-order chi connectivity index (χ1) is 9.70. The smallest absolute Gasteiger partial charge is 0.359 e. The van der Waals surface area contributed by atoms with Gasteiger partial charge in [-0.2, -0.15) is 4.98 Å². The van der Waals surface area contributed by atoms with Crippen LogP contribution in [0, 0.1) is 0 Å². The fourth-order valence-corrected chi connectivity index (χ4v) is 2.15. The van der Waals surface area contributed by atoms with E-state index in [2.05, 4.69) is 26.8 Å². The molecule has 0 radical (unpaired) electrons. The van der Waals surface area contributed by atoms with Crippen LogP contribution < -0.4 is 9.47 Å². The molecule has 0 bridgehead atoms. The molecule has 3 heterocycles. The summed E-state index contributed by atoms with van der Waals surface area (Å²) in [6.07, 6.45) is 7.36. The zero-order valence-corrected chi connectivity index (χ0v) is 11.9. The molecule has 0 aromatic carbocycles. The fourth-order valence-electron chi connectivity index (χ4n) is 2.15. The number of pyridine rings is 1. The number of nitrogens with zero attached hydrogens (tertiary/aromatic N) is 6. The Morgan fingerprint density at radius 2 is 1.90 bits per heavy atom. The van der Waals surface area contributed by atoms with Gasteiger partial charge >= 0.3 is 5.82 Å². The molecule has 6 nitrogen and oxygen atoms in total. The van der Waals surface area contributed by atoms with Crippen molar-refractivity contribution in [1.82, 2.24) is 19.5 Å². The van der Waals surface area contributed by atoms with Crippen LogP contribution in [0.2, 0.25) is 0 Å². The molecule has 102 valence electrons. The second kappa shape index (κ2) is 4.88. The first-order valence-electron chi connectivity index (χ1n) is 6.55. The molecule has 0 N–H and O–H groups in total. The second-order valence-electron chi connectivity index (χ2n) is 4.76. The summed E-state index contributed by atoms with van der Waals surface area (Å²) >= 11 is 0. The predicted octanol–water partition coefficient (Wildman–Crippen LogP) is 1.19. The minimum Gasteiger partial charge on any atom is -0.377 e. The number of fused-ring (bicyclic) bond motifs is 1. The van der Waals surface area contributed by atoms with E-state index in [0.29, 0.717) is 0 Å². The molecule has 3 aromatic heterocycles. The first-order valence-corrected chi connectivity index (χ1v) is 6.55. The van der Waals surface area contributed by atoms with Crippen LogP contribution in [0.25, 0.3) is 17.0 Å². The monoisotopic (exact) mass is 269 g/mol. The molecule has 0 aliphatic heterocycles. The van der Waals surface area contributed by atoms with Crippen LogP contribution in [0.5, 0.6) is 0 Å². The molecule has 0 spiro atoms. The molecule has 0 aliphatic carbocycles. The van der Waals surface area contributed by atoms with Crippen LogP contribution in [-0.4, -0.2) is 33.6 Å². The van der Waals surface area contributed by atoms with Crippen molar-refractivity contribution in [2.75, 3.05) is 19.0 Å². The van der Waals surface area contributed by atoms with Crippen LogP contribution in [0.1, 0.15) is 6.92 Å².